The molecule has 2 aromatic carbocycles. The van der Waals surface area contributed by atoms with Gasteiger partial charge in [0.2, 0.25) is 0 Å². The molecule has 0 saturated carbocycles. The molecule has 3 heterocycles. The number of carbonyl (C=O) groups is 1. The number of aryl methyl sites for hydroxylation is 3. The van der Waals surface area contributed by atoms with Crippen LogP contribution >= 0.6 is 0 Å². The number of carbonyl (C=O) groups excluding carboxylic acids is 1. The highest BCUT2D eigenvalue weighted by molar-refractivity contribution is 6.05. The van der Waals surface area contributed by atoms with E-state index in [1.165, 1.54) is 0 Å². The molecule has 0 radical (unpaired) electrons. The molecule has 0 spiro atoms. The predicted octanol–water partition coefficient (Wildman–Crippen LogP) is 4.73. The fourth-order valence-corrected chi connectivity index (χ4v) is 5.72. The molecular formula is C30H36N2O6. The molecule has 1 N–H and O–H groups in total. The summed E-state index contributed by atoms with van der Waals surface area (Å²) in [6.45, 7) is 10.3. The van der Waals surface area contributed by atoms with E-state index in [2.05, 4.69) is 9.47 Å². The molecule has 0 aliphatic carbocycles. The minimum atomic E-state index is -0.356. The van der Waals surface area contributed by atoms with Crippen LogP contribution in [0.5, 0.6) is 17.2 Å². The standard InChI is InChI=1S/C30H36N2O6/c1-6-38-30(34)27-26(21-13-18(2)29(33)19(3)14-21)23(17-31-9-11-37-12-10-31)32-8-7-20-15-24(35-4)25(36-5)16-22(20)28(27)32/h13-16,33H,6-12,17H2,1-5H3. The molecule has 3 aromatic rings. The van der Waals surface area contributed by atoms with Crippen LogP contribution in [0.15, 0.2) is 24.3 Å². The second-order valence-electron chi connectivity index (χ2n) is 9.88. The van der Waals surface area contributed by atoms with Crippen molar-refractivity contribution >= 4 is 5.97 Å². The Bertz CT molecular complexity index is 1350. The highest BCUT2D eigenvalue weighted by atomic mass is 16.5. The Hall–Kier alpha value is -3.49. The van der Waals surface area contributed by atoms with Crippen LogP contribution < -0.4 is 9.47 Å². The summed E-state index contributed by atoms with van der Waals surface area (Å²) in [5.74, 6) is 1.20. The molecule has 0 unspecified atom stereocenters. The number of fused-ring (bicyclic) bond motifs is 3. The number of morpholine rings is 1. The van der Waals surface area contributed by atoms with E-state index in [4.69, 9.17) is 18.9 Å². The van der Waals surface area contributed by atoms with Gasteiger partial charge < -0.3 is 28.6 Å². The molecule has 1 fully saturated rings. The maximum Gasteiger partial charge on any atom is 0.340 e. The van der Waals surface area contributed by atoms with Crippen molar-refractivity contribution in [1.29, 1.82) is 0 Å². The fourth-order valence-electron chi connectivity index (χ4n) is 5.72. The highest BCUT2D eigenvalue weighted by Crippen LogP contribution is 2.46. The first kappa shape index (κ1) is 26.1. The number of rotatable bonds is 7. The van der Waals surface area contributed by atoms with Crippen molar-refractivity contribution in [3.8, 4) is 39.6 Å². The monoisotopic (exact) mass is 520 g/mol. The molecule has 1 saturated heterocycles. The number of phenolic OH excluding ortho intramolecular Hbond substituents is 1. The van der Waals surface area contributed by atoms with Crippen LogP contribution in [0.1, 0.15) is 39.7 Å². The van der Waals surface area contributed by atoms with Crippen LogP contribution in [0.3, 0.4) is 0 Å². The minimum Gasteiger partial charge on any atom is -0.507 e. The molecular weight excluding hydrogens is 484 g/mol. The fraction of sp³-hybridized carbons (Fsp3) is 0.433. The minimum absolute atomic E-state index is 0.271. The second kappa shape index (κ2) is 10.7. The van der Waals surface area contributed by atoms with E-state index in [-0.39, 0.29) is 18.3 Å². The predicted molar refractivity (Wildman–Crippen MR) is 145 cm³/mol. The van der Waals surface area contributed by atoms with Gasteiger partial charge in [-0.3, -0.25) is 4.90 Å². The number of esters is 1. The Morgan fingerprint density at radius 2 is 1.66 bits per heavy atom. The maximum absolute atomic E-state index is 13.8. The normalized spacial score (nSPS) is 15.1. The summed E-state index contributed by atoms with van der Waals surface area (Å²) in [6.07, 6.45) is 0.794. The van der Waals surface area contributed by atoms with Gasteiger partial charge in [0.05, 0.1) is 45.3 Å². The van der Waals surface area contributed by atoms with Gasteiger partial charge in [-0.1, -0.05) is 0 Å². The molecule has 2 aliphatic rings. The molecule has 8 heteroatoms. The zero-order valence-electron chi connectivity index (χ0n) is 22.8. The van der Waals surface area contributed by atoms with Gasteiger partial charge in [-0.2, -0.15) is 0 Å². The van der Waals surface area contributed by atoms with E-state index >= 15 is 0 Å². The van der Waals surface area contributed by atoms with E-state index in [9.17, 15) is 9.90 Å². The Morgan fingerprint density at radius 1 is 1.00 bits per heavy atom. The number of benzene rings is 2. The van der Waals surface area contributed by atoms with Crippen LogP contribution in [-0.2, 0) is 29.0 Å². The van der Waals surface area contributed by atoms with Crippen molar-refractivity contribution < 1.29 is 28.8 Å². The van der Waals surface area contributed by atoms with Gasteiger partial charge in [-0.25, -0.2) is 4.79 Å². The van der Waals surface area contributed by atoms with Crippen LogP contribution in [0, 0.1) is 13.8 Å². The molecule has 38 heavy (non-hydrogen) atoms. The number of nitrogens with zero attached hydrogens (tertiary/aromatic N) is 2. The maximum atomic E-state index is 13.8. The van der Waals surface area contributed by atoms with Crippen molar-refractivity contribution in [1.82, 2.24) is 9.47 Å². The third-order valence-electron chi connectivity index (χ3n) is 7.58. The lowest BCUT2D eigenvalue weighted by atomic mass is 9.92. The van der Waals surface area contributed by atoms with Crippen molar-refractivity contribution in [2.24, 2.45) is 0 Å². The van der Waals surface area contributed by atoms with Crippen molar-refractivity contribution in [3.05, 3.63) is 52.2 Å². The van der Waals surface area contributed by atoms with Gasteiger partial charge in [0.15, 0.2) is 11.5 Å². The van der Waals surface area contributed by atoms with Crippen LogP contribution in [-0.4, -0.2) is 67.7 Å². The summed E-state index contributed by atoms with van der Waals surface area (Å²) in [6, 6.07) is 7.91. The molecule has 8 nitrogen and oxygen atoms in total. The van der Waals surface area contributed by atoms with E-state index < -0.39 is 0 Å². The number of hydrogen-bond acceptors (Lipinski definition) is 7. The molecule has 0 atom stereocenters. The Labute approximate surface area is 223 Å². The number of aromatic hydroxyl groups is 1. The van der Waals surface area contributed by atoms with Crippen molar-refractivity contribution in [3.63, 3.8) is 0 Å². The van der Waals surface area contributed by atoms with Gasteiger partial charge in [0.1, 0.15) is 5.75 Å². The Kier molecular flexibility index (Phi) is 7.36. The van der Waals surface area contributed by atoms with E-state index in [1.807, 2.05) is 45.0 Å². The first-order valence-corrected chi connectivity index (χ1v) is 13.2. The van der Waals surface area contributed by atoms with Crippen molar-refractivity contribution in [2.45, 2.75) is 40.3 Å². The van der Waals surface area contributed by atoms with E-state index in [1.54, 1.807) is 14.2 Å². The summed E-state index contributed by atoms with van der Waals surface area (Å²) < 4.78 is 24.8. The van der Waals surface area contributed by atoms with Gasteiger partial charge in [0, 0.05) is 43.0 Å². The summed E-state index contributed by atoms with van der Waals surface area (Å²) in [5, 5.41) is 10.5. The molecule has 5 rings (SSSR count). The lowest BCUT2D eigenvalue weighted by Gasteiger charge is -2.29. The number of aromatic nitrogens is 1. The van der Waals surface area contributed by atoms with Crippen LogP contribution in [0.4, 0.5) is 0 Å². The quantitative estimate of drug-likeness (QED) is 0.451. The number of ether oxygens (including phenoxy) is 4. The summed E-state index contributed by atoms with van der Waals surface area (Å²) in [7, 11) is 3.25. The van der Waals surface area contributed by atoms with Gasteiger partial charge in [0.25, 0.3) is 0 Å². The second-order valence-corrected chi connectivity index (χ2v) is 9.88. The van der Waals surface area contributed by atoms with Gasteiger partial charge >= 0.3 is 5.97 Å². The summed E-state index contributed by atoms with van der Waals surface area (Å²) in [4.78, 5) is 16.1. The van der Waals surface area contributed by atoms with Gasteiger partial charge in [-0.05, 0) is 73.7 Å². The smallest absolute Gasteiger partial charge is 0.340 e. The van der Waals surface area contributed by atoms with E-state index in [0.717, 1.165) is 70.8 Å². The van der Waals surface area contributed by atoms with Crippen molar-refractivity contribution in [2.75, 3.05) is 47.1 Å². The first-order valence-electron chi connectivity index (χ1n) is 13.2. The highest BCUT2D eigenvalue weighted by Gasteiger charge is 2.34. The Morgan fingerprint density at radius 3 is 2.29 bits per heavy atom. The average molecular weight is 521 g/mol. The molecule has 2 aliphatic heterocycles. The SMILES string of the molecule is CCOC(=O)c1c(-c2cc(C)c(O)c(C)c2)c(CN2CCOCC2)n2c1-c1cc(OC)c(OC)cc1CC2. The molecule has 1 aromatic heterocycles. The van der Waals surface area contributed by atoms with Gasteiger partial charge in [-0.15, -0.1) is 0 Å². The summed E-state index contributed by atoms with van der Waals surface area (Å²) in [5.41, 5.74) is 7.78. The topological polar surface area (TPSA) is 82.4 Å². The zero-order valence-corrected chi connectivity index (χ0v) is 22.8. The third kappa shape index (κ3) is 4.52. The Balaban J connectivity index is 1.83. The number of phenols is 1. The molecule has 0 bridgehead atoms. The van der Waals surface area contributed by atoms with E-state index in [0.29, 0.717) is 36.8 Å². The summed E-state index contributed by atoms with van der Waals surface area (Å²) >= 11 is 0. The molecule has 202 valence electrons. The zero-order chi connectivity index (χ0) is 27.0. The number of methoxy groups -OCH3 is 2. The first-order chi connectivity index (χ1) is 18.4. The van der Waals surface area contributed by atoms with Crippen LogP contribution in [0.2, 0.25) is 0 Å². The third-order valence-corrected chi connectivity index (χ3v) is 7.58. The molecule has 0 amide bonds. The van der Waals surface area contributed by atoms with Crippen LogP contribution in [0.25, 0.3) is 22.4 Å². The lowest BCUT2D eigenvalue weighted by Crippen LogP contribution is -2.36. The number of hydrogen-bond donors (Lipinski definition) is 1. The largest absolute Gasteiger partial charge is 0.507 e. The lowest BCUT2D eigenvalue weighted by molar-refractivity contribution is 0.0332. The average Bonchev–Trinajstić information content (AvgIpc) is 3.25.